The molecule has 1 aromatic carbocycles. The molecule has 2 aromatic rings. The molecule has 3 rings (SSSR count). The Labute approximate surface area is 159 Å². The van der Waals surface area contributed by atoms with Crippen molar-refractivity contribution in [2.24, 2.45) is 5.92 Å². The molecule has 7 heteroatoms. The molecular formula is C19H26N4O2S. The molecule has 1 aliphatic rings. The van der Waals surface area contributed by atoms with E-state index >= 15 is 0 Å². The SMILES string of the molecule is CCOc1ccc(-c2n[nH]c(=S)n2CCC(=O)N2CCC(C)CC2)cc1. The van der Waals surface area contributed by atoms with Gasteiger partial charge >= 0.3 is 0 Å². The van der Waals surface area contributed by atoms with Crippen LogP contribution in [0.1, 0.15) is 33.1 Å². The number of aromatic amines is 1. The van der Waals surface area contributed by atoms with Crippen LogP contribution in [0.25, 0.3) is 11.4 Å². The first-order valence-electron chi connectivity index (χ1n) is 9.24. The number of amides is 1. The molecule has 1 amide bonds. The first-order chi connectivity index (χ1) is 12.6. The van der Waals surface area contributed by atoms with Crippen molar-refractivity contribution in [2.75, 3.05) is 19.7 Å². The Hall–Kier alpha value is -2.15. The van der Waals surface area contributed by atoms with Gasteiger partial charge in [0.1, 0.15) is 5.75 Å². The molecule has 6 nitrogen and oxygen atoms in total. The topological polar surface area (TPSA) is 63.1 Å². The second-order valence-corrected chi connectivity index (χ2v) is 7.16. The fourth-order valence-corrected chi connectivity index (χ4v) is 3.46. The molecule has 1 aliphatic heterocycles. The maximum atomic E-state index is 12.5. The fraction of sp³-hybridized carbons (Fsp3) is 0.526. The van der Waals surface area contributed by atoms with E-state index in [-0.39, 0.29) is 5.91 Å². The van der Waals surface area contributed by atoms with E-state index < -0.39 is 0 Å². The van der Waals surface area contributed by atoms with E-state index in [1.165, 1.54) is 0 Å². The highest BCUT2D eigenvalue weighted by Gasteiger charge is 2.20. The van der Waals surface area contributed by atoms with Crippen molar-refractivity contribution in [3.05, 3.63) is 29.0 Å². The van der Waals surface area contributed by atoms with Gasteiger partial charge in [-0.15, -0.1) is 0 Å². The minimum atomic E-state index is 0.192. The van der Waals surface area contributed by atoms with Gasteiger partial charge in [0.15, 0.2) is 10.6 Å². The van der Waals surface area contributed by atoms with Crippen LogP contribution in [0.2, 0.25) is 0 Å². The van der Waals surface area contributed by atoms with Gasteiger partial charge in [-0.3, -0.25) is 14.5 Å². The Morgan fingerprint density at radius 1 is 1.31 bits per heavy atom. The molecule has 0 unspecified atom stereocenters. The maximum Gasteiger partial charge on any atom is 0.224 e. The molecule has 0 saturated carbocycles. The highest BCUT2D eigenvalue weighted by Crippen LogP contribution is 2.22. The van der Waals surface area contributed by atoms with E-state index in [4.69, 9.17) is 17.0 Å². The summed E-state index contributed by atoms with van der Waals surface area (Å²) in [6.45, 7) is 7.10. The Morgan fingerprint density at radius 2 is 2.00 bits per heavy atom. The van der Waals surface area contributed by atoms with Crippen LogP contribution in [0, 0.1) is 10.7 Å². The Morgan fingerprint density at radius 3 is 2.65 bits per heavy atom. The van der Waals surface area contributed by atoms with Crippen molar-refractivity contribution in [3.63, 3.8) is 0 Å². The number of carbonyl (C=O) groups excluding carboxylic acids is 1. The summed E-state index contributed by atoms with van der Waals surface area (Å²) in [6.07, 6.45) is 2.62. The molecule has 26 heavy (non-hydrogen) atoms. The van der Waals surface area contributed by atoms with Crippen LogP contribution < -0.4 is 4.74 Å². The van der Waals surface area contributed by atoms with Crippen LogP contribution in [0.5, 0.6) is 5.75 Å². The third-order valence-electron chi connectivity index (χ3n) is 4.87. The summed E-state index contributed by atoms with van der Waals surface area (Å²) in [5.74, 6) is 2.48. The number of hydrogen-bond donors (Lipinski definition) is 1. The van der Waals surface area contributed by atoms with Crippen LogP contribution in [0.3, 0.4) is 0 Å². The van der Waals surface area contributed by atoms with E-state index in [2.05, 4.69) is 17.1 Å². The molecule has 0 bridgehead atoms. The molecule has 0 atom stereocenters. The predicted octanol–water partition coefficient (Wildman–Crippen LogP) is 3.65. The zero-order valence-corrected chi connectivity index (χ0v) is 16.2. The lowest BCUT2D eigenvalue weighted by molar-refractivity contribution is -0.132. The Kier molecular flexibility index (Phi) is 6.08. The van der Waals surface area contributed by atoms with Crippen LogP contribution in [-0.2, 0) is 11.3 Å². The number of hydrogen-bond acceptors (Lipinski definition) is 4. The van der Waals surface area contributed by atoms with Crippen LogP contribution in [-0.4, -0.2) is 45.3 Å². The van der Waals surface area contributed by atoms with Crippen molar-refractivity contribution in [2.45, 2.75) is 39.7 Å². The number of nitrogens with one attached hydrogen (secondary N) is 1. The van der Waals surface area contributed by atoms with Crippen molar-refractivity contribution in [1.82, 2.24) is 19.7 Å². The van der Waals surface area contributed by atoms with Crippen LogP contribution in [0.15, 0.2) is 24.3 Å². The van der Waals surface area contributed by atoms with Crippen molar-refractivity contribution in [3.8, 4) is 17.1 Å². The normalized spacial score (nSPS) is 15.2. The minimum absolute atomic E-state index is 0.192. The molecule has 2 heterocycles. The minimum Gasteiger partial charge on any atom is -0.494 e. The number of aromatic nitrogens is 3. The summed E-state index contributed by atoms with van der Waals surface area (Å²) < 4.78 is 7.91. The number of rotatable bonds is 6. The van der Waals surface area contributed by atoms with E-state index in [0.29, 0.717) is 30.3 Å². The highest BCUT2D eigenvalue weighted by atomic mass is 32.1. The second kappa shape index (κ2) is 8.49. The second-order valence-electron chi connectivity index (χ2n) is 6.77. The first kappa shape index (κ1) is 18.6. The number of carbonyl (C=O) groups is 1. The van der Waals surface area contributed by atoms with Gasteiger partial charge in [-0.05, 0) is 62.2 Å². The smallest absolute Gasteiger partial charge is 0.224 e. The molecule has 1 N–H and O–H groups in total. The van der Waals surface area contributed by atoms with E-state index in [1.807, 2.05) is 40.7 Å². The zero-order chi connectivity index (χ0) is 18.5. The largest absolute Gasteiger partial charge is 0.494 e. The standard InChI is InChI=1S/C19H26N4O2S/c1-3-25-16-6-4-15(5-7-16)18-20-21-19(26)23(18)13-10-17(24)22-11-8-14(2)9-12-22/h4-7,14H,3,8-13H2,1-2H3,(H,21,26). The van der Waals surface area contributed by atoms with Gasteiger partial charge in [-0.2, -0.15) is 5.10 Å². The molecule has 140 valence electrons. The van der Waals surface area contributed by atoms with Gasteiger partial charge in [0.25, 0.3) is 0 Å². The lowest BCUT2D eigenvalue weighted by Gasteiger charge is -2.30. The average molecular weight is 375 g/mol. The van der Waals surface area contributed by atoms with Crippen molar-refractivity contribution in [1.29, 1.82) is 0 Å². The van der Waals surface area contributed by atoms with Gasteiger partial charge in [-0.25, -0.2) is 0 Å². The number of likely N-dealkylation sites (tertiary alicyclic amines) is 1. The number of ether oxygens (including phenoxy) is 1. The third-order valence-corrected chi connectivity index (χ3v) is 5.18. The van der Waals surface area contributed by atoms with E-state index in [1.54, 1.807) is 0 Å². The zero-order valence-electron chi connectivity index (χ0n) is 15.4. The van der Waals surface area contributed by atoms with Gasteiger partial charge in [0.2, 0.25) is 5.91 Å². The van der Waals surface area contributed by atoms with Crippen LogP contribution >= 0.6 is 12.2 Å². The quantitative estimate of drug-likeness (QED) is 0.784. The average Bonchev–Trinajstić information content (AvgIpc) is 3.02. The van der Waals surface area contributed by atoms with Crippen LogP contribution in [0.4, 0.5) is 0 Å². The fourth-order valence-electron chi connectivity index (χ4n) is 3.24. The van der Waals surface area contributed by atoms with Crippen molar-refractivity contribution < 1.29 is 9.53 Å². The summed E-state index contributed by atoms with van der Waals surface area (Å²) in [7, 11) is 0. The maximum absolute atomic E-state index is 12.5. The molecule has 0 spiro atoms. The molecule has 1 aromatic heterocycles. The van der Waals surface area contributed by atoms with Gasteiger partial charge in [0, 0.05) is 31.6 Å². The third kappa shape index (κ3) is 4.33. The molecule has 0 aliphatic carbocycles. The summed E-state index contributed by atoms with van der Waals surface area (Å²) in [5.41, 5.74) is 0.944. The predicted molar refractivity (Wildman–Crippen MR) is 104 cm³/mol. The Bertz CT molecular complexity index is 789. The van der Waals surface area contributed by atoms with Gasteiger partial charge in [-0.1, -0.05) is 6.92 Å². The number of benzene rings is 1. The lowest BCUT2D eigenvalue weighted by atomic mass is 9.99. The summed E-state index contributed by atoms with van der Waals surface area (Å²) in [5, 5.41) is 7.19. The molecule has 0 radical (unpaired) electrons. The van der Waals surface area contributed by atoms with Gasteiger partial charge in [0.05, 0.1) is 6.61 Å². The summed E-state index contributed by atoms with van der Waals surface area (Å²) >= 11 is 5.36. The number of nitrogens with zero attached hydrogens (tertiary/aromatic N) is 3. The summed E-state index contributed by atoms with van der Waals surface area (Å²) in [6, 6.07) is 7.75. The van der Waals surface area contributed by atoms with E-state index in [0.717, 1.165) is 43.1 Å². The monoisotopic (exact) mass is 374 g/mol. The molecular weight excluding hydrogens is 348 g/mol. The molecule has 1 fully saturated rings. The highest BCUT2D eigenvalue weighted by molar-refractivity contribution is 7.71. The number of piperidine rings is 1. The Balaban J connectivity index is 1.68. The molecule has 1 saturated heterocycles. The summed E-state index contributed by atoms with van der Waals surface area (Å²) in [4.78, 5) is 14.5. The van der Waals surface area contributed by atoms with E-state index in [9.17, 15) is 4.79 Å². The number of H-pyrrole nitrogens is 1. The lowest BCUT2D eigenvalue weighted by Crippen LogP contribution is -2.38. The van der Waals surface area contributed by atoms with Crippen molar-refractivity contribution >= 4 is 18.1 Å². The van der Waals surface area contributed by atoms with Gasteiger partial charge < -0.3 is 9.64 Å². The first-order valence-corrected chi connectivity index (χ1v) is 9.65.